The summed E-state index contributed by atoms with van der Waals surface area (Å²) in [6, 6.07) is -1.37. The smallest absolute Gasteiger partial charge is 0.243 e. The number of amides is 2. The number of nitrogens with one attached hydrogen (secondary N) is 3. The van der Waals surface area contributed by atoms with Gasteiger partial charge < -0.3 is 20.7 Å². The number of unbranched alkanes of at least 4 members (excludes halogenated alkanes) is 2. The number of epoxide rings is 1. The summed E-state index contributed by atoms with van der Waals surface area (Å²) in [5.74, 6) is -0.0285. The van der Waals surface area contributed by atoms with E-state index < -0.39 is 17.7 Å². The van der Waals surface area contributed by atoms with Crippen LogP contribution in [-0.4, -0.2) is 47.9 Å². The Hall–Kier alpha value is -1.89. The van der Waals surface area contributed by atoms with Crippen LogP contribution in [0.3, 0.4) is 0 Å². The normalized spacial score (nSPS) is 20.2. The van der Waals surface area contributed by atoms with Crippen molar-refractivity contribution < 1.29 is 19.1 Å². The fourth-order valence-corrected chi connectivity index (χ4v) is 3.85. The Morgan fingerprint density at radius 2 is 1.61 bits per heavy atom. The van der Waals surface area contributed by atoms with Crippen molar-refractivity contribution in [3.63, 3.8) is 0 Å². The molecule has 1 aliphatic heterocycles. The molecule has 4 atom stereocenters. The number of hydrogen-bond acceptors (Lipinski definition) is 5. The first-order chi connectivity index (χ1) is 15.4. The van der Waals surface area contributed by atoms with Gasteiger partial charge in [-0.3, -0.25) is 14.4 Å². The van der Waals surface area contributed by atoms with E-state index in [2.05, 4.69) is 43.3 Å². The van der Waals surface area contributed by atoms with Gasteiger partial charge in [-0.05, 0) is 38.0 Å². The molecule has 7 nitrogen and oxygen atoms in total. The van der Waals surface area contributed by atoms with Crippen LogP contribution in [0.25, 0.3) is 0 Å². The van der Waals surface area contributed by atoms with Crippen molar-refractivity contribution in [3.05, 3.63) is 12.3 Å². The lowest BCUT2D eigenvalue weighted by Gasteiger charge is -2.30. The van der Waals surface area contributed by atoms with Crippen molar-refractivity contribution in [1.82, 2.24) is 16.0 Å². The third kappa shape index (κ3) is 9.86. The number of Topliss-reactive ketones (excluding diaryl/α,β-unsaturated/α-hetero) is 1. The maximum absolute atomic E-state index is 13.1. The van der Waals surface area contributed by atoms with Gasteiger partial charge in [-0.15, -0.1) is 0 Å². The lowest BCUT2D eigenvalue weighted by atomic mass is 9.92. The van der Waals surface area contributed by atoms with Crippen LogP contribution in [0.4, 0.5) is 0 Å². The van der Waals surface area contributed by atoms with E-state index in [9.17, 15) is 14.4 Å². The van der Waals surface area contributed by atoms with Crippen LogP contribution in [-0.2, 0) is 19.1 Å². The molecule has 2 amide bonds. The average Bonchev–Trinajstić information content (AvgIpc) is 3.48. The SMILES string of the molecule is C=C(N[C@@H](CC(C)C)C(=O)C1(C)CO1)C(CCC)NC(=O)[C@@H](NC(=O)CCCCC)C(C)C. The Morgan fingerprint density at radius 1 is 0.970 bits per heavy atom. The van der Waals surface area contributed by atoms with Gasteiger partial charge in [-0.1, -0.05) is 67.4 Å². The van der Waals surface area contributed by atoms with Gasteiger partial charge in [0.25, 0.3) is 0 Å². The molecule has 7 heteroatoms. The maximum atomic E-state index is 13.1. The van der Waals surface area contributed by atoms with E-state index in [0.717, 1.165) is 25.7 Å². The van der Waals surface area contributed by atoms with Gasteiger partial charge in [0.05, 0.1) is 18.7 Å². The first-order valence-corrected chi connectivity index (χ1v) is 12.7. The molecule has 190 valence electrons. The number of ketones is 1. The van der Waals surface area contributed by atoms with E-state index in [1.165, 1.54) is 0 Å². The van der Waals surface area contributed by atoms with Crippen molar-refractivity contribution in [1.29, 1.82) is 0 Å². The molecule has 1 saturated heterocycles. The van der Waals surface area contributed by atoms with E-state index in [4.69, 9.17) is 4.74 Å². The summed E-state index contributed by atoms with van der Waals surface area (Å²) in [4.78, 5) is 38.4. The molecular weight excluding hydrogens is 418 g/mol. The van der Waals surface area contributed by atoms with Crippen molar-refractivity contribution in [3.8, 4) is 0 Å². The highest BCUT2D eigenvalue weighted by Crippen LogP contribution is 2.30. The highest BCUT2D eigenvalue weighted by atomic mass is 16.6. The third-order valence-electron chi connectivity index (χ3n) is 6.07. The molecule has 0 aromatic carbocycles. The van der Waals surface area contributed by atoms with E-state index in [-0.39, 0.29) is 29.6 Å². The van der Waals surface area contributed by atoms with E-state index >= 15 is 0 Å². The molecule has 0 bridgehead atoms. The van der Waals surface area contributed by atoms with Crippen LogP contribution in [0.15, 0.2) is 12.3 Å². The minimum Gasteiger partial charge on any atom is -0.377 e. The summed E-state index contributed by atoms with van der Waals surface area (Å²) in [7, 11) is 0. The van der Waals surface area contributed by atoms with Crippen LogP contribution in [0.5, 0.6) is 0 Å². The Balaban J connectivity index is 2.84. The highest BCUT2D eigenvalue weighted by molar-refractivity contribution is 5.94. The summed E-state index contributed by atoms with van der Waals surface area (Å²) < 4.78 is 5.38. The fraction of sp³-hybridized carbons (Fsp3) is 0.808. The largest absolute Gasteiger partial charge is 0.377 e. The zero-order chi connectivity index (χ0) is 25.2. The van der Waals surface area contributed by atoms with Gasteiger partial charge in [0.2, 0.25) is 11.8 Å². The van der Waals surface area contributed by atoms with Crippen LogP contribution in [0.1, 0.15) is 93.4 Å². The van der Waals surface area contributed by atoms with Crippen molar-refractivity contribution in [2.24, 2.45) is 11.8 Å². The number of hydrogen-bond donors (Lipinski definition) is 3. The third-order valence-corrected chi connectivity index (χ3v) is 6.07. The second-order valence-corrected chi connectivity index (χ2v) is 10.3. The molecule has 1 heterocycles. The standard InChI is InChI=1S/C26H47N3O4/c1-9-11-12-14-22(30)29-23(18(5)6)25(32)28-20(13-10-2)19(7)27-21(15-17(3)4)24(31)26(8)16-33-26/h17-18,20-21,23,27H,7,9-16H2,1-6,8H3,(H,28,32)(H,29,30)/t20?,21-,23-,26?/m0/s1. The topological polar surface area (TPSA) is 99.8 Å². The first kappa shape index (κ1) is 29.1. The summed E-state index contributed by atoms with van der Waals surface area (Å²) in [6.45, 7) is 18.5. The number of rotatable bonds is 17. The molecule has 33 heavy (non-hydrogen) atoms. The summed E-state index contributed by atoms with van der Waals surface area (Å²) in [5.41, 5.74) is -0.105. The second kappa shape index (κ2) is 13.7. The summed E-state index contributed by atoms with van der Waals surface area (Å²) >= 11 is 0. The molecular formula is C26H47N3O4. The minimum absolute atomic E-state index is 0.0262. The Morgan fingerprint density at radius 3 is 2.09 bits per heavy atom. The first-order valence-electron chi connectivity index (χ1n) is 12.7. The zero-order valence-corrected chi connectivity index (χ0v) is 21.9. The molecule has 3 N–H and O–H groups in total. The highest BCUT2D eigenvalue weighted by Gasteiger charge is 2.50. The monoisotopic (exact) mass is 465 g/mol. The van der Waals surface area contributed by atoms with Crippen molar-refractivity contribution >= 4 is 17.6 Å². The predicted octanol–water partition coefficient (Wildman–Crippen LogP) is 3.87. The van der Waals surface area contributed by atoms with Crippen LogP contribution < -0.4 is 16.0 Å². The Bertz CT molecular complexity index is 670. The summed E-state index contributed by atoms with van der Waals surface area (Å²) in [5, 5.41) is 9.27. The summed E-state index contributed by atoms with van der Waals surface area (Å²) in [6.07, 6.45) is 5.47. The lowest BCUT2D eigenvalue weighted by molar-refractivity contribution is -0.130. The molecule has 2 unspecified atom stereocenters. The zero-order valence-electron chi connectivity index (χ0n) is 21.9. The number of ether oxygens (including phenoxy) is 1. The Labute approximate surface area is 200 Å². The average molecular weight is 466 g/mol. The molecule has 0 aromatic rings. The Kier molecular flexibility index (Phi) is 12.1. The lowest BCUT2D eigenvalue weighted by Crippen LogP contribution is -2.54. The molecule has 1 aliphatic rings. The van der Waals surface area contributed by atoms with E-state index in [1.54, 1.807) is 0 Å². The van der Waals surface area contributed by atoms with Crippen LogP contribution in [0, 0.1) is 11.8 Å². The van der Waals surface area contributed by atoms with E-state index in [0.29, 0.717) is 37.5 Å². The maximum Gasteiger partial charge on any atom is 0.243 e. The number of carbonyl (C=O) groups is 3. The fourth-order valence-electron chi connectivity index (χ4n) is 3.85. The quantitative estimate of drug-likeness (QED) is 0.224. The predicted molar refractivity (Wildman–Crippen MR) is 133 cm³/mol. The second-order valence-electron chi connectivity index (χ2n) is 10.3. The molecule has 0 aliphatic carbocycles. The molecule has 0 aromatic heterocycles. The van der Waals surface area contributed by atoms with Gasteiger partial charge in [-0.25, -0.2) is 0 Å². The molecule has 1 fully saturated rings. The van der Waals surface area contributed by atoms with Gasteiger partial charge in [0.1, 0.15) is 11.6 Å². The van der Waals surface area contributed by atoms with Crippen molar-refractivity contribution in [2.45, 2.75) is 117 Å². The molecule has 0 radical (unpaired) electrons. The van der Waals surface area contributed by atoms with Crippen LogP contribution >= 0.6 is 0 Å². The molecule has 0 saturated carbocycles. The van der Waals surface area contributed by atoms with Gasteiger partial charge in [-0.2, -0.15) is 0 Å². The van der Waals surface area contributed by atoms with Gasteiger partial charge >= 0.3 is 0 Å². The molecule has 0 spiro atoms. The minimum atomic E-state index is -0.721. The van der Waals surface area contributed by atoms with Gasteiger partial charge in [0, 0.05) is 12.1 Å². The van der Waals surface area contributed by atoms with Gasteiger partial charge in [0.15, 0.2) is 5.78 Å². The van der Waals surface area contributed by atoms with Crippen molar-refractivity contribution in [2.75, 3.05) is 6.61 Å². The van der Waals surface area contributed by atoms with Crippen LogP contribution in [0.2, 0.25) is 0 Å². The molecule has 1 rings (SSSR count). The number of carbonyl (C=O) groups excluding carboxylic acids is 3. The van der Waals surface area contributed by atoms with E-state index in [1.807, 2.05) is 27.7 Å².